The van der Waals surface area contributed by atoms with Crippen molar-refractivity contribution in [1.82, 2.24) is 35.2 Å². The van der Waals surface area contributed by atoms with Gasteiger partial charge in [0, 0.05) is 26.3 Å². The minimum atomic E-state index is 0.301. The summed E-state index contributed by atoms with van der Waals surface area (Å²) in [6.45, 7) is 7.16. The summed E-state index contributed by atoms with van der Waals surface area (Å²) in [6.07, 6.45) is 4.38. The van der Waals surface area contributed by atoms with Crippen molar-refractivity contribution in [2.24, 2.45) is 5.92 Å². The summed E-state index contributed by atoms with van der Waals surface area (Å²) >= 11 is 0. The van der Waals surface area contributed by atoms with E-state index in [-0.39, 0.29) is 0 Å². The molecule has 136 valence electrons. The first-order valence-corrected chi connectivity index (χ1v) is 9.13. The van der Waals surface area contributed by atoms with Crippen LogP contribution in [0.4, 0.5) is 0 Å². The fraction of sp³-hybridized carbons (Fsp3) is 0.812. The number of aromatic nitrogens is 6. The van der Waals surface area contributed by atoms with Gasteiger partial charge in [0.05, 0.1) is 12.5 Å². The molecule has 9 heteroatoms. The second kappa shape index (κ2) is 7.57. The van der Waals surface area contributed by atoms with E-state index in [2.05, 4.69) is 30.6 Å². The van der Waals surface area contributed by atoms with Crippen LogP contribution in [-0.4, -0.2) is 61.6 Å². The van der Waals surface area contributed by atoms with Gasteiger partial charge in [0.2, 0.25) is 5.89 Å². The minimum Gasteiger partial charge on any atom is -0.381 e. The van der Waals surface area contributed by atoms with Crippen LogP contribution in [0.15, 0.2) is 4.52 Å². The van der Waals surface area contributed by atoms with Gasteiger partial charge in [-0.05, 0) is 55.5 Å². The normalized spacial score (nSPS) is 23.2. The number of likely N-dealkylation sites (tertiary alicyclic amines) is 1. The summed E-state index contributed by atoms with van der Waals surface area (Å²) in [5, 5.41) is 16.3. The van der Waals surface area contributed by atoms with Crippen LogP contribution in [-0.2, 0) is 17.8 Å². The van der Waals surface area contributed by atoms with E-state index in [9.17, 15) is 0 Å². The van der Waals surface area contributed by atoms with Crippen LogP contribution in [0.2, 0.25) is 0 Å². The van der Waals surface area contributed by atoms with Crippen LogP contribution in [0.5, 0.6) is 0 Å². The van der Waals surface area contributed by atoms with Gasteiger partial charge < -0.3 is 9.26 Å². The molecular weight excluding hydrogens is 322 g/mol. The molecular formula is C16H25N7O2. The Bertz CT molecular complexity index is 680. The molecule has 0 unspecified atom stereocenters. The zero-order valence-corrected chi connectivity index (χ0v) is 14.7. The minimum absolute atomic E-state index is 0.301. The van der Waals surface area contributed by atoms with Gasteiger partial charge in [-0.15, -0.1) is 5.10 Å². The van der Waals surface area contributed by atoms with Gasteiger partial charge in [-0.3, -0.25) is 4.90 Å². The molecule has 4 heterocycles. The molecule has 0 amide bonds. The highest BCUT2D eigenvalue weighted by molar-refractivity contribution is 4.97. The predicted octanol–water partition coefficient (Wildman–Crippen LogP) is 1.17. The Balaban J connectivity index is 1.37. The predicted molar refractivity (Wildman–Crippen MR) is 87.6 cm³/mol. The molecule has 2 aromatic heterocycles. The first-order valence-electron chi connectivity index (χ1n) is 9.13. The van der Waals surface area contributed by atoms with E-state index in [1.165, 1.54) is 0 Å². The lowest BCUT2D eigenvalue weighted by Crippen LogP contribution is -2.35. The molecule has 0 saturated carbocycles. The van der Waals surface area contributed by atoms with Crippen LogP contribution in [0.3, 0.4) is 0 Å². The Hall–Kier alpha value is -1.87. The number of tetrazole rings is 1. The number of rotatable bonds is 5. The Morgan fingerprint density at radius 1 is 1.20 bits per heavy atom. The van der Waals surface area contributed by atoms with Gasteiger partial charge in [0.15, 0.2) is 11.6 Å². The standard InChI is InChI=1S/C16H25N7O2/c1-12-17-16(25-19-12)14-3-2-6-22(10-14)11-15-18-20-21-23(15)9-13-4-7-24-8-5-13/h13-14H,2-11H2,1H3/t14-/m0/s1. The van der Waals surface area contributed by atoms with Gasteiger partial charge in [-0.25, -0.2) is 4.68 Å². The van der Waals surface area contributed by atoms with Gasteiger partial charge in [-0.1, -0.05) is 5.16 Å². The molecule has 0 N–H and O–H groups in total. The maximum atomic E-state index is 5.44. The second-order valence-electron chi connectivity index (χ2n) is 7.09. The van der Waals surface area contributed by atoms with Crippen molar-refractivity contribution in [1.29, 1.82) is 0 Å². The first kappa shape index (κ1) is 16.6. The molecule has 4 rings (SSSR count). The van der Waals surface area contributed by atoms with E-state index in [4.69, 9.17) is 9.26 Å². The Kier molecular flexibility index (Phi) is 5.02. The van der Waals surface area contributed by atoms with Crippen LogP contribution >= 0.6 is 0 Å². The molecule has 0 aliphatic carbocycles. The lowest BCUT2D eigenvalue weighted by Gasteiger charge is -2.30. The van der Waals surface area contributed by atoms with Gasteiger partial charge in [-0.2, -0.15) is 4.98 Å². The summed E-state index contributed by atoms with van der Waals surface area (Å²) in [7, 11) is 0. The quantitative estimate of drug-likeness (QED) is 0.795. The van der Waals surface area contributed by atoms with E-state index in [0.29, 0.717) is 17.7 Å². The number of piperidine rings is 1. The first-order chi connectivity index (χ1) is 12.3. The highest BCUT2D eigenvalue weighted by Gasteiger charge is 2.27. The summed E-state index contributed by atoms with van der Waals surface area (Å²) < 4.78 is 12.8. The molecule has 2 fully saturated rings. The number of hydrogen-bond donors (Lipinski definition) is 0. The second-order valence-corrected chi connectivity index (χ2v) is 7.09. The largest absolute Gasteiger partial charge is 0.381 e. The molecule has 0 spiro atoms. The van der Waals surface area contributed by atoms with Crippen LogP contribution < -0.4 is 0 Å². The fourth-order valence-corrected chi connectivity index (χ4v) is 3.73. The molecule has 2 aliphatic heterocycles. The summed E-state index contributed by atoms with van der Waals surface area (Å²) in [5.41, 5.74) is 0. The average molecular weight is 347 g/mol. The molecule has 0 radical (unpaired) electrons. The molecule has 9 nitrogen and oxygen atoms in total. The zero-order valence-electron chi connectivity index (χ0n) is 14.7. The Morgan fingerprint density at radius 2 is 2.08 bits per heavy atom. The number of ether oxygens (including phenoxy) is 1. The maximum Gasteiger partial charge on any atom is 0.231 e. The van der Waals surface area contributed by atoms with Gasteiger partial charge >= 0.3 is 0 Å². The topological polar surface area (TPSA) is 95.0 Å². The number of hydrogen-bond acceptors (Lipinski definition) is 8. The monoisotopic (exact) mass is 347 g/mol. The highest BCUT2D eigenvalue weighted by atomic mass is 16.5. The summed E-state index contributed by atoms with van der Waals surface area (Å²) in [6, 6.07) is 0. The fourth-order valence-electron chi connectivity index (χ4n) is 3.73. The lowest BCUT2D eigenvalue weighted by molar-refractivity contribution is 0.0592. The third kappa shape index (κ3) is 4.04. The summed E-state index contributed by atoms with van der Waals surface area (Å²) in [5.74, 6) is 3.30. The van der Waals surface area contributed by atoms with Crippen molar-refractivity contribution >= 4 is 0 Å². The Labute approximate surface area is 146 Å². The third-order valence-corrected chi connectivity index (χ3v) is 5.14. The molecule has 2 aromatic rings. The van der Waals surface area contributed by atoms with E-state index in [1.807, 2.05) is 11.6 Å². The van der Waals surface area contributed by atoms with Crippen LogP contribution in [0, 0.1) is 12.8 Å². The Morgan fingerprint density at radius 3 is 2.88 bits per heavy atom. The van der Waals surface area contributed by atoms with Crippen molar-refractivity contribution in [3.63, 3.8) is 0 Å². The molecule has 0 bridgehead atoms. The van der Waals surface area contributed by atoms with Crippen molar-refractivity contribution in [3.8, 4) is 0 Å². The number of aryl methyl sites for hydroxylation is 1. The van der Waals surface area contributed by atoms with Crippen molar-refractivity contribution in [2.75, 3.05) is 26.3 Å². The third-order valence-electron chi connectivity index (χ3n) is 5.14. The van der Waals surface area contributed by atoms with E-state index in [0.717, 1.165) is 76.8 Å². The van der Waals surface area contributed by atoms with Crippen LogP contribution in [0.25, 0.3) is 0 Å². The molecule has 0 aromatic carbocycles. The molecule has 2 aliphatic rings. The zero-order chi connectivity index (χ0) is 17.1. The van der Waals surface area contributed by atoms with Gasteiger partial charge in [0.25, 0.3) is 0 Å². The van der Waals surface area contributed by atoms with Crippen molar-refractivity contribution < 1.29 is 9.26 Å². The van der Waals surface area contributed by atoms with Crippen LogP contribution in [0.1, 0.15) is 49.1 Å². The van der Waals surface area contributed by atoms with Crippen molar-refractivity contribution in [3.05, 3.63) is 17.5 Å². The smallest absolute Gasteiger partial charge is 0.231 e. The SMILES string of the molecule is Cc1noc([C@H]2CCCN(Cc3nnnn3CC3CCOCC3)C2)n1. The van der Waals surface area contributed by atoms with E-state index in [1.54, 1.807) is 0 Å². The highest BCUT2D eigenvalue weighted by Crippen LogP contribution is 2.26. The summed E-state index contributed by atoms with van der Waals surface area (Å²) in [4.78, 5) is 6.79. The lowest BCUT2D eigenvalue weighted by atomic mass is 9.98. The van der Waals surface area contributed by atoms with Crippen molar-refractivity contribution in [2.45, 2.75) is 51.6 Å². The molecule has 2 saturated heterocycles. The number of nitrogens with zero attached hydrogens (tertiary/aromatic N) is 7. The maximum absolute atomic E-state index is 5.44. The molecule has 25 heavy (non-hydrogen) atoms. The van der Waals surface area contributed by atoms with Gasteiger partial charge in [0.1, 0.15) is 0 Å². The van der Waals surface area contributed by atoms with E-state index >= 15 is 0 Å². The molecule has 1 atom stereocenters. The average Bonchev–Trinajstić information content (AvgIpc) is 3.26. The van der Waals surface area contributed by atoms with E-state index < -0.39 is 0 Å².